The summed E-state index contributed by atoms with van der Waals surface area (Å²) in [6.07, 6.45) is 4.46. The molecule has 104 valence electrons. The van der Waals surface area contributed by atoms with Crippen molar-refractivity contribution in [1.29, 1.82) is 0 Å². The molecule has 0 radical (unpaired) electrons. The zero-order valence-corrected chi connectivity index (χ0v) is 11.7. The second-order valence-corrected chi connectivity index (χ2v) is 4.28. The van der Waals surface area contributed by atoms with E-state index in [-0.39, 0.29) is 0 Å². The largest absolute Gasteiger partial charge is 0.369 e. The van der Waals surface area contributed by atoms with E-state index in [2.05, 4.69) is 17.2 Å². The molecule has 1 aromatic rings. The molecule has 0 saturated heterocycles. The number of nitrogens with zero attached hydrogens (tertiary/aromatic N) is 3. The highest BCUT2D eigenvalue weighted by Gasteiger charge is 2.14. The van der Waals surface area contributed by atoms with E-state index >= 15 is 0 Å². The Morgan fingerprint density at radius 1 is 1.63 bits per heavy atom. The van der Waals surface area contributed by atoms with Crippen molar-refractivity contribution >= 4 is 17.3 Å². The molecule has 6 nitrogen and oxygen atoms in total. The molecule has 0 aliphatic carbocycles. The lowest BCUT2D eigenvalue weighted by molar-refractivity contribution is -0.403. The fourth-order valence-corrected chi connectivity index (χ4v) is 1.71. The summed E-state index contributed by atoms with van der Waals surface area (Å²) >= 11 is 5.75. The quantitative estimate of drug-likeness (QED) is 0.473. The van der Waals surface area contributed by atoms with Gasteiger partial charge in [-0.25, -0.2) is 4.98 Å². The summed E-state index contributed by atoms with van der Waals surface area (Å²) in [7, 11) is 1.65. The van der Waals surface area contributed by atoms with Gasteiger partial charge in [-0.2, -0.15) is 0 Å². The number of aromatic nitrogens is 1. The Hall–Kier alpha value is -1.82. The van der Waals surface area contributed by atoms with E-state index in [0.29, 0.717) is 17.5 Å². The summed E-state index contributed by atoms with van der Waals surface area (Å²) in [6.45, 7) is 2.73. The summed E-state index contributed by atoms with van der Waals surface area (Å²) in [5, 5.41) is 13.9. The van der Waals surface area contributed by atoms with Crippen molar-refractivity contribution in [3.05, 3.63) is 45.6 Å². The third kappa shape index (κ3) is 4.75. The zero-order valence-electron chi connectivity index (χ0n) is 11.0. The highest BCUT2D eigenvalue weighted by molar-refractivity contribution is 6.29. The van der Waals surface area contributed by atoms with Gasteiger partial charge in [0.25, 0.3) is 6.20 Å². The maximum absolute atomic E-state index is 10.7. The minimum absolute atomic E-state index is 0.392. The Morgan fingerprint density at radius 3 is 2.84 bits per heavy atom. The first kappa shape index (κ1) is 15.2. The monoisotopic (exact) mass is 284 g/mol. The van der Waals surface area contributed by atoms with Crippen LogP contribution in [0.3, 0.4) is 0 Å². The minimum Gasteiger partial charge on any atom is -0.369 e. The van der Waals surface area contributed by atoms with Crippen molar-refractivity contribution in [2.24, 2.45) is 0 Å². The molecule has 0 bridgehead atoms. The Balaban J connectivity index is 3.05. The van der Waals surface area contributed by atoms with Gasteiger partial charge in [0, 0.05) is 13.6 Å². The number of hydrogen-bond donors (Lipinski definition) is 1. The molecule has 0 amide bonds. The number of hydrogen-bond acceptors (Lipinski definition) is 5. The molecule has 1 heterocycles. The number of nitro groups is 1. The van der Waals surface area contributed by atoms with E-state index in [1.54, 1.807) is 25.4 Å². The van der Waals surface area contributed by atoms with E-state index in [9.17, 15) is 10.1 Å². The molecule has 19 heavy (non-hydrogen) atoms. The smallest absolute Gasteiger partial charge is 0.274 e. The van der Waals surface area contributed by atoms with E-state index in [4.69, 9.17) is 11.6 Å². The first-order valence-electron chi connectivity index (χ1n) is 6.00. The van der Waals surface area contributed by atoms with E-state index in [1.807, 2.05) is 4.90 Å². The summed E-state index contributed by atoms with van der Waals surface area (Å²) < 4.78 is 0. The average Bonchev–Trinajstić information content (AvgIpc) is 2.39. The van der Waals surface area contributed by atoms with Crippen LogP contribution >= 0.6 is 11.6 Å². The Bertz CT molecular complexity index is 448. The van der Waals surface area contributed by atoms with E-state index in [0.717, 1.165) is 24.7 Å². The lowest BCUT2D eigenvalue weighted by Crippen LogP contribution is -2.31. The van der Waals surface area contributed by atoms with Gasteiger partial charge in [0.1, 0.15) is 5.15 Å². The van der Waals surface area contributed by atoms with Gasteiger partial charge in [-0.05, 0) is 18.6 Å². The van der Waals surface area contributed by atoms with Crippen molar-refractivity contribution in [3.63, 3.8) is 0 Å². The third-order valence-corrected chi connectivity index (χ3v) is 2.76. The number of nitrogens with one attached hydrogen (secondary N) is 1. The van der Waals surface area contributed by atoms with E-state index in [1.165, 1.54) is 0 Å². The molecule has 0 saturated carbocycles. The minimum atomic E-state index is -0.478. The first-order valence-corrected chi connectivity index (χ1v) is 6.38. The predicted octanol–water partition coefficient (Wildman–Crippen LogP) is 2.64. The molecule has 1 rings (SSSR count). The number of rotatable bonds is 7. The van der Waals surface area contributed by atoms with Crippen molar-refractivity contribution in [3.8, 4) is 0 Å². The highest BCUT2D eigenvalue weighted by Crippen LogP contribution is 2.19. The standard InChI is InChI=1S/C12H17ClN4O2/c1-3-4-7-16(12(14-2)9-17(18)19)10-5-6-11(13)15-8-10/h5-6,8-9,14H,3-4,7H2,1-2H3. The van der Waals surface area contributed by atoms with Gasteiger partial charge in [0.2, 0.25) is 0 Å². The molecule has 0 spiro atoms. The maximum atomic E-state index is 10.7. The molecule has 0 fully saturated rings. The van der Waals surface area contributed by atoms with Gasteiger partial charge < -0.3 is 10.2 Å². The average molecular weight is 285 g/mol. The van der Waals surface area contributed by atoms with Crippen LogP contribution in [0.25, 0.3) is 0 Å². The lowest BCUT2D eigenvalue weighted by Gasteiger charge is -2.25. The van der Waals surface area contributed by atoms with Crippen molar-refractivity contribution in [1.82, 2.24) is 10.3 Å². The van der Waals surface area contributed by atoms with Gasteiger partial charge >= 0.3 is 0 Å². The van der Waals surface area contributed by atoms with Crippen LogP contribution in [0.1, 0.15) is 19.8 Å². The van der Waals surface area contributed by atoms with Crippen LogP contribution in [0.15, 0.2) is 30.4 Å². The second kappa shape index (κ2) is 7.58. The second-order valence-electron chi connectivity index (χ2n) is 3.89. The highest BCUT2D eigenvalue weighted by atomic mass is 35.5. The van der Waals surface area contributed by atoms with Gasteiger partial charge in [-0.3, -0.25) is 10.1 Å². The molecular weight excluding hydrogens is 268 g/mol. The Kier molecular flexibility index (Phi) is 6.08. The van der Waals surface area contributed by atoms with Crippen LogP contribution in [0.4, 0.5) is 5.69 Å². The predicted molar refractivity (Wildman–Crippen MR) is 75.6 cm³/mol. The molecule has 1 aromatic heterocycles. The number of pyridine rings is 1. The van der Waals surface area contributed by atoms with Crippen molar-refractivity contribution in [2.45, 2.75) is 19.8 Å². The summed E-state index contributed by atoms with van der Waals surface area (Å²) in [6, 6.07) is 3.45. The number of halogens is 1. The van der Waals surface area contributed by atoms with Crippen LogP contribution in [0, 0.1) is 10.1 Å². The fraction of sp³-hybridized carbons (Fsp3) is 0.417. The zero-order chi connectivity index (χ0) is 14.3. The van der Waals surface area contributed by atoms with Crippen LogP contribution in [-0.2, 0) is 0 Å². The van der Waals surface area contributed by atoms with Crippen LogP contribution < -0.4 is 10.2 Å². The maximum Gasteiger partial charge on any atom is 0.274 e. The third-order valence-electron chi connectivity index (χ3n) is 2.53. The molecule has 0 aliphatic heterocycles. The van der Waals surface area contributed by atoms with E-state index < -0.39 is 4.92 Å². The van der Waals surface area contributed by atoms with Crippen LogP contribution in [-0.4, -0.2) is 23.5 Å². The lowest BCUT2D eigenvalue weighted by atomic mass is 10.3. The fourth-order valence-electron chi connectivity index (χ4n) is 1.60. The molecule has 7 heteroatoms. The van der Waals surface area contributed by atoms with Gasteiger partial charge in [-0.15, -0.1) is 0 Å². The molecule has 0 unspecified atom stereocenters. The van der Waals surface area contributed by atoms with Gasteiger partial charge in [0.05, 0.1) is 16.8 Å². The summed E-state index contributed by atoms with van der Waals surface area (Å²) in [4.78, 5) is 16.0. The van der Waals surface area contributed by atoms with Crippen LogP contribution in [0.5, 0.6) is 0 Å². The molecule has 0 atom stereocenters. The summed E-state index contributed by atoms with van der Waals surface area (Å²) in [5.74, 6) is 0.419. The molecule has 1 N–H and O–H groups in total. The Labute approximate surface area is 117 Å². The Morgan fingerprint density at radius 2 is 2.37 bits per heavy atom. The van der Waals surface area contributed by atoms with Crippen molar-refractivity contribution in [2.75, 3.05) is 18.5 Å². The molecule has 0 aromatic carbocycles. The molecular formula is C12H17ClN4O2. The van der Waals surface area contributed by atoms with Crippen molar-refractivity contribution < 1.29 is 4.92 Å². The SMILES string of the molecule is CCCCN(C(=C[N+](=O)[O-])NC)c1ccc(Cl)nc1. The van der Waals surface area contributed by atoms with Crippen LogP contribution in [0.2, 0.25) is 5.15 Å². The van der Waals surface area contributed by atoms with Gasteiger partial charge in [0.15, 0.2) is 5.82 Å². The molecule has 0 aliphatic rings. The number of unbranched alkanes of at least 4 members (excludes halogenated alkanes) is 1. The van der Waals surface area contributed by atoms with Gasteiger partial charge in [-0.1, -0.05) is 24.9 Å². The topological polar surface area (TPSA) is 71.3 Å². The number of anilines is 1. The first-order chi connectivity index (χ1) is 9.08. The summed E-state index contributed by atoms with van der Waals surface area (Å²) in [5.41, 5.74) is 0.764. The normalized spacial score (nSPS) is 11.2.